The Morgan fingerprint density at radius 3 is 2.44 bits per heavy atom. The van der Waals surface area contributed by atoms with Gasteiger partial charge >= 0.3 is 0 Å². The number of nitro groups is 1. The third-order valence-corrected chi connectivity index (χ3v) is 6.38. The number of ether oxygens (including phenoxy) is 1. The topological polar surface area (TPSA) is 122 Å². The van der Waals surface area contributed by atoms with Crippen molar-refractivity contribution < 1.29 is 24.0 Å². The van der Waals surface area contributed by atoms with E-state index in [1.807, 2.05) is 30.3 Å². The number of hydrogen-bond donors (Lipinski definition) is 1. The van der Waals surface area contributed by atoms with Crippen LogP contribution in [0.4, 0.5) is 17.1 Å². The normalized spacial score (nSPS) is 18.6. The molecule has 2 fully saturated rings. The van der Waals surface area contributed by atoms with Crippen LogP contribution in [0.3, 0.4) is 0 Å². The third-order valence-electron chi connectivity index (χ3n) is 6.38. The minimum atomic E-state index is -0.568. The summed E-state index contributed by atoms with van der Waals surface area (Å²) in [5.41, 5.74) is 0.653. The molecule has 34 heavy (non-hydrogen) atoms. The van der Waals surface area contributed by atoms with Crippen LogP contribution in [0.15, 0.2) is 48.5 Å². The Morgan fingerprint density at radius 1 is 1.09 bits per heavy atom. The molecule has 2 heterocycles. The molecule has 2 aliphatic rings. The first kappa shape index (κ1) is 23.2. The number of amides is 3. The largest absolute Gasteiger partial charge is 0.496 e. The maximum atomic E-state index is 13.0. The molecular weight excluding hydrogens is 440 g/mol. The summed E-state index contributed by atoms with van der Waals surface area (Å²) in [6.45, 7) is 1.15. The van der Waals surface area contributed by atoms with E-state index in [0.29, 0.717) is 38.2 Å². The second kappa shape index (κ2) is 9.90. The molecule has 10 nitrogen and oxygen atoms in total. The lowest BCUT2D eigenvalue weighted by Gasteiger charge is -2.32. The van der Waals surface area contributed by atoms with Gasteiger partial charge in [0.05, 0.1) is 24.0 Å². The number of carbonyl (C=O) groups is 3. The molecule has 0 bridgehead atoms. The van der Waals surface area contributed by atoms with Gasteiger partial charge in [0, 0.05) is 37.7 Å². The van der Waals surface area contributed by atoms with Crippen LogP contribution in [0.2, 0.25) is 0 Å². The van der Waals surface area contributed by atoms with E-state index in [2.05, 4.69) is 5.32 Å². The lowest BCUT2D eigenvalue weighted by molar-refractivity contribution is -0.384. The van der Waals surface area contributed by atoms with E-state index >= 15 is 0 Å². The fourth-order valence-corrected chi connectivity index (χ4v) is 4.48. The maximum absolute atomic E-state index is 13.0. The van der Waals surface area contributed by atoms with Crippen LogP contribution in [0.1, 0.15) is 19.3 Å². The number of carbonyl (C=O) groups excluding carboxylic acids is 3. The van der Waals surface area contributed by atoms with Crippen LogP contribution in [-0.4, -0.2) is 54.3 Å². The molecule has 2 aliphatic heterocycles. The van der Waals surface area contributed by atoms with Crippen LogP contribution in [0.5, 0.6) is 5.75 Å². The van der Waals surface area contributed by atoms with Crippen molar-refractivity contribution in [3.05, 3.63) is 58.6 Å². The monoisotopic (exact) mass is 466 g/mol. The van der Waals surface area contributed by atoms with Gasteiger partial charge in [-0.2, -0.15) is 0 Å². The highest BCUT2D eigenvalue weighted by atomic mass is 16.6. The number of nitrogens with one attached hydrogen (secondary N) is 1. The smallest absolute Gasteiger partial charge is 0.296 e. The molecule has 2 aromatic rings. The fourth-order valence-electron chi connectivity index (χ4n) is 4.48. The molecule has 4 rings (SSSR count). The molecule has 0 spiro atoms. The van der Waals surface area contributed by atoms with Gasteiger partial charge in [0.15, 0.2) is 0 Å². The molecule has 1 N–H and O–H groups in total. The second-order valence-electron chi connectivity index (χ2n) is 8.47. The van der Waals surface area contributed by atoms with Gasteiger partial charge in [-0.3, -0.25) is 24.5 Å². The summed E-state index contributed by atoms with van der Waals surface area (Å²) < 4.78 is 5.02. The Labute approximate surface area is 196 Å². The summed E-state index contributed by atoms with van der Waals surface area (Å²) in [4.78, 5) is 52.4. The van der Waals surface area contributed by atoms with Crippen LogP contribution in [0, 0.1) is 22.0 Å². The minimum absolute atomic E-state index is 0.0695. The van der Waals surface area contributed by atoms with Crippen molar-refractivity contribution in [1.29, 1.82) is 0 Å². The van der Waals surface area contributed by atoms with E-state index in [0.717, 1.165) is 5.69 Å². The predicted octanol–water partition coefficient (Wildman–Crippen LogP) is 2.83. The van der Waals surface area contributed by atoms with Crippen molar-refractivity contribution in [3.63, 3.8) is 0 Å². The number of methoxy groups -OCH3 is 1. The van der Waals surface area contributed by atoms with Gasteiger partial charge in [-0.05, 0) is 37.1 Å². The molecule has 2 saturated heterocycles. The zero-order valence-corrected chi connectivity index (χ0v) is 18.8. The van der Waals surface area contributed by atoms with Crippen molar-refractivity contribution in [2.75, 3.05) is 37.0 Å². The van der Waals surface area contributed by atoms with E-state index in [1.54, 1.807) is 15.9 Å². The van der Waals surface area contributed by atoms with E-state index in [9.17, 15) is 24.5 Å². The molecule has 3 amide bonds. The Kier molecular flexibility index (Phi) is 6.76. The first-order valence-corrected chi connectivity index (χ1v) is 11.1. The molecule has 0 saturated carbocycles. The maximum Gasteiger partial charge on any atom is 0.296 e. The predicted molar refractivity (Wildman–Crippen MR) is 124 cm³/mol. The van der Waals surface area contributed by atoms with Crippen LogP contribution in [0.25, 0.3) is 0 Å². The highest BCUT2D eigenvalue weighted by molar-refractivity contribution is 6.00. The Bertz CT molecular complexity index is 1100. The highest BCUT2D eigenvalue weighted by Gasteiger charge is 2.38. The lowest BCUT2D eigenvalue weighted by Crippen LogP contribution is -2.44. The molecule has 1 unspecified atom stereocenters. The van der Waals surface area contributed by atoms with E-state index in [-0.39, 0.29) is 41.4 Å². The molecule has 0 aromatic heterocycles. The molecule has 10 heteroatoms. The van der Waals surface area contributed by atoms with E-state index < -0.39 is 10.8 Å². The third kappa shape index (κ3) is 4.85. The van der Waals surface area contributed by atoms with Gasteiger partial charge in [0.1, 0.15) is 11.4 Å². The summed E-state index contributed by atoms with van der Waals surface area (Å²) in [5, 5.41) is 14.0. The van der Waals surface area contributed by atoms with E-state index in [1.165, 1.54) is 19.2 Å². The first-order valence-electron chi connectivity index (χ1n) is 11.1. The molecule has 1 atom stereocenters. The Hall–Kier alpha value is -3.95. The van der Waals surface area contributed by atoms with Crippen molar-refractivity contribution in [2.24, 2.45) is 11.8 Å². The summed E-state index contributed by atoms with van der Waals surface area (Å²) in [6, 6.07) is 13.5. The Morgan fingerprint density at radius 2 is 1.79 bits per heavy atom. The molecule has 2 aromatic carbocycles. The number of anilines is 2. The summed E-state index contributed by atoms with van der Waals surface area (Å²) in [5.74, 6) is -0.896. The number of hydrogen-bond acceptors (Lipinski definition) is 6. The van der Waals surface area contributed by atoms with Crippen molar-refractivity contribution in [1.82, 2.24) is 4.90 Å². The molecular formula is C24H26N4O6. The highest BCUT2D eigenvalue weighted by Crippen LogP contribution is 2.31. The number of rotatable bonds is 6. The summed E-state index contributed by atoms with van der Waals surface area (Å²) in [7, 11) is 1.41. The van der Waals surface area contributed by atoms with Gasteiger partial charge in [0.2, 0.25) is 17.7 Å². The van der Waals surface area contributed by atoms with E-state index in [4.69, 9.17) is 4.74 Å². The Balaban J connectivity index is 1.33. The summed E-state index contributed by atoms with van der Waals surface area (Å²) >= 11 is 0. The lowest BCUT2D eigenvalue weighted by atomic mass is 9.94. The van der Waals surface area contributed by atoms with Gasteiger partial charge in [-0.1, -0.05) is 18.2 Å². The van der Waals surface area contributed by atoms with Crippen LogP contribution < -0.4 is 15.0 Å². The van der Waals surface area contributed by atoms with Crippen LogP contribution in [-0.2, 0) is 14.4 Å². The van der Waals surface area contributed by atoms with Crippen molar-refractivity contribution >= 4 is 34.8 Å². The van der Waals surface area contributed by atoms with Crippen molar-refractivity contribution in [3.8, 4) is 5.75 Å². The molecule has 0 radical (unpaired) electrons. The second-order valence-corrected chi connectivity index (χ2v) is 8.47. The van der Waals surface area contributed by atoms with Crippen molar-refractivity contribution in [2.45, 2.75) is 19.3 Å². The number of likely N-dealkylation sites (tertiary alicyclic amines) is 1. The summed E-state index contributed by atoms with van der Waals surface area (Å²) in [6.07, 6.45) is 1.07. The van der Waals surface area contributed by atoms with Gasteiger partial charge in [0.25, 0.3) is 5.69 Å². The standard InChI is InChI=1S/C24H26N4O6/c1-34-19-7-8-20(21(14-19)28(32)33)25-23(30)16-9-11-26(12-10-16)24(31)17-13-22(29)27(15-17)18-5-3-2-4-6-18/h2-8,14,16-17H,9-13,15H2,1H3,(H,25,30). The van der Waals surface area contributed by atoms with Gasteiger partial charge in [-0.15, -0.1) is 0 Å². The van der Waals surface area contributed by atoms with Gasteiger partial charge < -0.3 is 19.9 Å². The first-order chi connectivity index (χ1) is 16.4. The fraction of sp³-hybridized carbons (Fsp3) is 0.375. The quantitative estimate of drug-likeness (QED) is 0.516. The minimum Gasteiger partial charge on any atom is -0.496 e. The SMILES string of the molecule is COc1ccc(NC(=O)C2CCN(C(=O)C3CC(=O)N(c4ccccc4)C3)CC2)c([N+](=O)[O-])c1. The molecule has 178 valence electrons. The number of para-hydroxylation sites is 1. The number of piperidine rings is 1. The zero-order chi connectivity index (χ0) is 24.2. The zero-order valence-electron chi connectivity index (χ0n) is 18.8. The molecule has 0 aliphatic carbocycles. The number of nitrogens with zero attached hydrogens (tertiary/aromatic N) is 3. The number of benzene rings is 2. The number of nitro benzene ring substituents is 1. The average molecular weight is 466 g/mol. The van der Waals surface area contributed by atoms with Crippen LogP contribution >= 0.6 is 0 Å². The average Bonchev–Trinajstić information content (AvgIpc) is 3.25. The van der Waals surface area contributed by atoms with Gasteiger partial charge in [-0.25, -0.2) is 0 Å².